The second-order valence-electron chi connectivity index (χ2n) is 7.73. The number of hydrogen-bond acceptors (Lipinski definition) is 3. The highest BCUT2D eigenvalue weighted by Gasteiger charge is 2.58. The summed E-state index contributed by atoms with van der Waals surface area (Å²) in [7, 11) is 1.88. The van der Waals surface area contributed by atoms with Crippen LogP contribution in [0.15, 0.2) is 30.3 Å². The zero-order valence-corrected chi connectivity index (χ0v) is 15.9. The number of carbonyl (C=O) groups excluding carboxylic acids is 1. The van der Waals surface area contributed by atoms with Crippen molar-refractivity contribution in [2.75, 3.05) is 13.7 Å². The van der Waals surface area contributed by atoms with E-state index < -0.39 is 0 Å². The largest absolute Gasteiger partial charge is 0.378 e. The molecule has 0 bridgehead atoms. The minimum Gasteiger partial charge on any atom is -0.378 e. The van der Waals surface area contributed by atoms with Crippen LogP contribution in [-0.2, 0) is 4.74 Å². The molecule has 0 radical (unpaired) electrons. The van der Waals surface area contributed by atoms with Gasteiger partial charge in [0.25, 0.3) is 5.91 Å². The first-order valence-corrected chi connectivity index (χ1v) is 9.75. The third kappa shape index (κ3) is 3.06. The number of nitrogens with zero attached hydrogens (tertiary/aromatic N) is 2. The van der Waals surface area contributed by atoms with Gasteiger partial charge in [0.1, 0.15) is 11.5 Å². The Morgan fingerprint density at radius 1 is 1.33 bits per heavy atom. The molecule has 2 aliphatic rings. The number of carbonyl (C=O) groups is 1. The van der Waals surface area contributed by atoms with Gasteiger partial charge < -0.3 is 9.64 Å². The highest BCUT2D eigenvalue weighted by Crippen LogP contribution is 2.56. The summed E-state index contributed by atoms with van der Waals surface area (Å²) in [6.45, 7) is 2.75. The summed E-state index contributed by atoms with van der Waals surface area (Å²) >= 11 is 0. The van der Waals surface area contributed by atoms with Crippen LogP contribution in [0.1, 0.15) is 49.5 Å². The number of hydrogen-bond donors (Lipinski definition) is 1. The molecule has 2 saturated carbocycles. The number of H-pyrrole nitrogens is 1. The second kappa shape index (κ2) is 7.08. The lowest BCUT2D eigenvalue weighted by molar-refractivity contribution is -0.152. The molecule has 2 aliphatic carbocycles. The summed E-state index contributed by atoms with van der Waals surface area (Å²) in [6, 6.07) is 8.06. The van der Waals surface area contributed by atoms with E-state index in [9.17, 15) is 9.18 Å². The SMILES string of the molecule is CCO[C@@H]1C[C@@H](N(C)C(=O)c2cc(-c3ccc(F)cc3)n[nH]2)C12CCCC2. The molecule has 1 spiro atoms. The van der Waals surface area contributed by atoms with Crippen molar-refractivity contribution in [3.63, 3.8) is 0 Å². The molecular weight excluding hydrogens is 345 g/mol. The molecule has 1 heterocycles. The predicted octanol–water partition coefficient (Wildman–Crippen LogP) is 4.03. The van der Waals surface area contributed by atoms with Gasteiger partial charge in [-0.05, 0) is 56.5 Å². The van der Waals surface area contributed by atoms with Gasteiger partial charge in [-0.15, -0.1) is 0 Å². The summed E-state index contributed by atoms with van der Waals surface area (Å²) in [5.74, 6) is -0.344. The zero-order chi connectivity index (χ0) is 19.0. The summed E-state index contributed by atoms with van der Waals surface area (Å²) in [5.41, 5.74) is 2.00. The van der Waals surface area contributed by atoms with Gasteiger partial charge in [0, 0.05) is 30.7 Å². The summed E-state index contributed by atoms with van der Waals surface area (Å²) < 4.78 is 19.1. The van der Waals surface area contributed by atoms with Gasteiger partial charge in [0.05, 0.1) is 11.8 Å². The molecule has 144 valence electrons. The molecule has 1 N–H and O–H groups in total. The van der Waals surface area contributed by atoms with E-state index in [4.69, 9.17) is 4.74 Å². The van der Waals surface area contributed by atoms with E-state index in [1.807, 2.05) is 18.9 Å². The first-order chi connectivity index (χ1) is 13.0. The van der Waals surface area contributed by atoms with Gasteiger partial charge in [0.2, 0.25) is 0 Å². The van der Waals surface area contributed by atoms with Crippen molar-refractivity contribution in [1.82, 2.24) is 15.1 Å². The van der Waals surface area contributed by atoms with Gasteiger partial charge in [-0.3, -0.25) is 9.89 Å². The third-order valence-corrected chi connectivity index (χ3v) is 6.38. The van der Waals surface area contributed by atoms with E-state index in [1.165, 1.54) is 25.0 Å². The van der Waals surface area contributed by atoms with Crippen molar-refractivity contribution in [2.24, 2.45) is 5.41 Å². The van der Waals surface area contributed by atoms with E-state index >= 15 is 0 Å². The van der Waals surface area contributed by atoms with Gasteiger partial charge in [0.15, 0.2) is 0 Å². The number of aromatic nitrogens is 2. The maximum atomic E-state index is 13.1. The van der Waals surface area contributed by atoms with E-state index in [2.05, 4.69) is 10.2 Å². The molecule has 5 nitrogen and oxygen atoms in total. The number of amides is 1. The van der Waals surface area contributed by atoms with Gasteiger partial charge in [-0.25, -0.2) is 4.39 Å². The van der Waals surface area contributed by atoms with E-state index in [-0.39, 0.29) is 29.3 Å². The first kappa shape index (κ1) is 18.2. The number of rotatable bonds is 5. The van der Waals surface area contributed by atoms with Crippen LogP contribution in [0, 0.1) is 11.2 Å². The third-order valence-electron chi connectivity index (χ3n) is 6.38. The maximum absolute atomic E-state index is 13.1. The Kier molecular flexibility index (Phi) is 4.76. The Balaban J connectivity index is 1.50. The van der Waals surface area contributed by atoms with Crippen LogP contribution < -0.4 is 0 Å². The van der Waals surface area contributed by atoms with Gasteiger partial charge >= 0.3 is 0 Å². The fourth-order valence-corrected chi connectivity index (χ4v) is 4.93. The molecule has 0 unspecified atom stereocenters. The lowest BCUT2D eigenvalue weighted by Gasteiger charge is -2.56. The average Bonchev–Trinajstić information content (AvgIpc) is 3.35. The number of nitrogens with one attached hydrogen (secondary N) is 1. The normalized spacial score (nSPS) is 23.4. The smallest absolute Gasteiger partial charge is 0.271 e. The van der Waals surface area contributed by atoms with Crippen LogP contribution in [0.4, 0.5) is 4.39 Å². The molecule has 2 atom stereocenters. The topological polar surface area (TPSA) is 58.2 Å². The standard InChI is InChI=1S/C21H26FN3O2/c1-3-27-19-13-18(21(19)10-4-5-11-21)25(2)20(26)17-12-16(23-24-17)14-6-8-15(22)9-7-14/h6-9,12,18-19H,3-5,10-11,13H2,1-2H3,(H,23,24)/t18-,19-/m1/s1. The molecule has 0 aliphatic heterocycles. The van der Waals surface area contributed by atoms with Gasteiger partial charge in [-0.1, -0.05) is 12.8 Å². The molecule has 1 aromatic heterocycles. The van der Waals surface area contributed by atoms with Crippen LogP contribution in [0.3, 0.4) is 0 Å². The summed E-state index contributed by atoms with van der Waals surface area (Å²) in [4.78, 5) is 14.9. The average molecular weight is 371 g/mol. The van der Waals surface area contributed by atoms with Crippen LogP contribution in [0.25, 0.3) is 11.3 Å². The van der Waals surface area contributed by atoms with E-state index in [0.717, 1.165) is 31.4 Å². The maximum Gasteiger partial charge on any atom is 0.271 e. The highest BCUT2D eigenvalue weighted by molar-refractivity contribution is 5.93. The van der Waals surface area contributed by atoms with Crippen molar-refractivity contribution in [1.29, 1.82) is 0 Å². The van der Waals surface area contributed by atoms with Crippen molar-refractivity contribution in [3.8, 4) is 11.3 Å². The van der Waals surface area contributed by atoms with Crippen molar-refractivity contribution in [3.05, 3.63) is 41.8 Å². The van der Waals surface area contributed by atoms with Gasteiger partial charge in [-0.2, -0.15) is 5.10 Å². The Hall–Kier alpha value is -2.21. The number of ether oxygens (including phenoxy) is 1. The highest BCUT2D eigenvalue weighted by atomic mass is 19.1. The molecule has 1 amide bonds. The summed E-state index contributed by atoms with van der Waals surface area (Å²) in [6.07, 6.45) is 5.84. The molecular formula is C21H26FN3O2. The lowest BCUT2D eigenvalue weighted by atomic mass is 9.60. The minimum absolute atomic E-state index is 0.0536. The Labute approximate surface area is 158 Å². The Morgan fingerprint density at radius 3 is 2.70 bits per heavy atom. The number of benzene rings is 1. The number of halogens is 1. The molecule has 27 heavy (non-hydrogen) atoms. The predicted molar refractivity (Wildman–Crippen MR) is 101 cm³/mol. The van der Waals surface area contributed by atoms with E-state index in [0.29, 0.717) is 11.4 Å². The van der Waals surface area contributed by atoms with E-state index in [1.54, 1.807) is 18.2 Å². The fourth-order valence-electron chi connectivity index (χ4n) is 4.93. The Morgan fingerprint density at radius 2 is 2.04 bits per heavy atom. The summed E-state index contributed by atoms with van der Waals surface area (Å²) in [5, 5.41) is 7.09. The van der Waals surface area contributed by atoms with Crippen LogP contribution in [0.2, 0.25) is 0 Å². The number of aromatic amines is 1. The molecule has 6 heteroatoms. The molecule has 2 fully saturated rings. The second-order valence-corrected chi connectivity index (χ2v) is 7.73. The molecule has 4 rings (SSSR count). The van der Waals surface area contributed by atoms with Crippen LogP contribution >= 0.6 is 0 Å². The molecule has 2 aromatic rings. The Bertz CT molecular complexity index is 811. The first-order valence-electron chi connectivity index (χ1n) is 9.75. The van der Waals surface area contributed by atoms with Crippen molar-refractivity contribution < 1.29 is 13.9 Å². The molecule has 0 saturated heterocycles. The molecule has 1 aromatic carbocycles. The van der Waals surface area contributed by atoms with Crippen molar-refractivity contribution >= 4 is 5.91 Å². The lowest BCUT2D eigenvalue weighted by Crippen LogP contribution is -2.64. The monoisotopic (exact) mass is 371 g/mol. The van der Waals surface area contributed by atoms with Crippen LogP contribution in [0.5, 0.6) is 0 Å². The van der Waals surface area contributed by atoms with Crippen LogP contribution in [-0.4, -0.2) is 46.8 Å². The zero-order valence-electron chi connectivity index (χ0n) is 15.9. The quantitative estimate of drug-likeness (QED) is 0.863. The fraction of sp³-hybridized carbons (Fsp3) is 0.524. The minimum atomic E-state index is -0.291. The van der Waals surface area contributed by atoms with Crippen molar-refractivity contribution in [2.45, 2.75) is 51.2 Å².